The van der Waals surface area contributed by atoms with Gasteiger partial charge in [-0.15, -0.1) is 0 Å². The van der Waals surface area contributed by atoms with Gasteiger partial charge in [0.15, 0.2) is 17.1 Å². The lowest BCUT2D eigenvalue weighted by atomic mass is 10.2. The number of ether oxygens (including phenoxy) is 2. The third-order valence-corrected chi connectivity index (χ3v) is 4.32. The molecular formula is C19H18N2O4. The van der Waals surface area contributed by atoms with Crippen LogP contribution in [0.4, 0.5) is 0 Å². The first-order chi connectivity index (χ1) is 12.2. The van der Waals surface area contributed by atoms with Gasteiger partial charge in [-0.3, -0.25) is 9.78 Å². The van der Waals surface area contributed by atoms with Crippen LogP contribution in [0.3, 0.4) is 0 Å². The smallest absolute Gasteiger partial charge is 0.289 e. The van der Waals surface area contributed by atoms with E-state index < -0.39 is 0 Å². The number of benzene rings is 1. The van der Waals surface area contributed by atoms with Crippen molar-refractivity contribution in [2.45, 2.75) is 12.5 Å². The first-order valence-electron chi connectivity index (χ1n) is 8.17. The Morgan fingerprint density at radius 1 is 1.28 bits per heavy atom. The lowest BCUT2D eigenvalue weighted by Gasteiger charge is -2.16. The van der Waals surface area contributed by atoms with Crippen molar-refractivity contribution in [3.05, 3.63) is 54.6 Å². The van der Waals surface area contributed by atoms with Gasteiger partial charge in [0, 0.05) is 30.7 Å². The Balaban J connectivity index is 1.48. The molecule has 25 heavy (non-hydrogen) atoms. The first-order valence-corrected chi connectivity index (χ1v) is 8.17. The topological polar surface area (TPSA) is 64.8 Å². The lowest BCUT2D eigenvalue weighted by Crippen LogP contribution is -2.30. The average molecular weight is 338 g/mol. The van der Waals surface area contributed by atoms with Gasteiger partial charge in [0.25, 0.3) is 5.91 Å². The maximum absolute atomic E-state index is 12.7. The Kier molecular flexibility index (Phi) is 4.01. The summed E-state index contributed by atoms with van der Waals surface area (Å²) >= 11 is 0. The van der Waals surface area contributed by atoms with E-state index in [4.69, 9.17) is 13.9 Å². The van der Waals surface area contributed by atoms with Gasteiger partial charge in [0.05, 0.1) is 13.7 Å². The number of nitrogens with zero attached hydrogens (tertiary/aromatic N) is 2. The molecule has 0 unspecified atom stereocenters. The Morgan fingerprint density at radius 2 is 2.12 bits per heavy atom. The van der Waals surface area contributed by atoms with E-state index in [1.165, 1.54) is 0 Å². The summed E-state index contributed by atoms with van der Waals surface area (Å²) in [6, 6.07) is 11.0. The number of para-hydroxylation sites is 1. The van der Waals surface area contributed by atoms with Crippen molar-refractivity contribution in [3.63, 3.8) is 0 Å². The number of furan rings is 1. The van der Waals surface area contributed by atoms with Crippen molar-refractivity contribution in [1.29, 1.82) is 0 Å². The van der Waals surface area contributed by atoms with Crippen LogP contribution in [0.2, 0.25) is 0 Å². The van der Waals surface area contributed by atoms with Crippen LogP contribution < -0.4 is 9.47 Å². The van der Waals surface area contributed by atoms with Gasteiger partial charge in [0.1, 0.15) is 11.9 Å². The summed E-state index contributed by atoms with van der Waals surface area (Å²) in [5.41, 5.74) is 0.595. The molecule has 0 bridgehead atoms. The lowest BCUT2D eigenvalue weighted by molar-refractivity contribution is 0.0743. The highest BCUT2D eigenvalue weighted by Crippen LogP contribution is 2.29. The number of amides is 1. The second-order valence-electron chi connectivity index (χ2n) is 5.95. The van der Waals surface area contributed by atoms with E-state index in [0.717, 1.165) is 17.6 Å². The number of aromatic nitrogens is 1. The van der Waals surface area contributed by atoms with E-state index in [1.54, 1.807) is 30.5 Å². The molecule has 1 aromatic carbocycles. The molecule has 0 spiro atoms. The van der Waals surface area contributed by atoms with E-state index in [-0.39, 0.29) is 12.0 Å². The predicted octanol–water partition coefficient (Wildman–Crippen LogP) is 3.13. The van der Waals surface area contributed by atoms with Crippen LogP contribution in [-0.4, -0.2) is 42.1 Å². The summed E-state index contributed by atoms with van der Waals surface area (Å²) in [6.07, 6.45) is 4.15. The summed E-state index contributed by atoms with van der Waals surface area (Å²) in [7, 11) is 1.58. The van der Waals surface area contributed by atoms with Gasteiger partial charge in [-0.25, -0.2) is 0 Å². The van der Waals surface area contributed by atoms with Crippen molar-refractivity contribution in [3.8, 4) is 11.5 Å². The summed E-state index contributed by atoms with van der Waals surface area (Å²) < 4.78 is 16.9. The minimum absolute atomic E-state index is 0.0229. The predicted molar refractivity (Wildman–Crippen MR) is 91.9 cm³/mol. The van der Waals surface area contributed by atoms with Crippen LogP contribution in [-0.2, 0) is 0 Å². The third-order valence-electron chi connectivity index (χ3n) is 4.32. The molecule has 6 heteroatoms. The van der Waals surface area contributed by atoms with Crippen molar-refractivity contribution >= 4 is 16.9 Å². The van der Waals surface area contributed by atoms with Crippen molar-refractivity contribution in [2.24, 2.45) is 0 Å². The summed E-state index contributed by atoms with van der Waals surface area (Å²) in [5.74, 6) is 1.59. The van der Waals surface area contributed by atoms with Gasteiger partial charge < -0.3 is 18.8 Å². The second-order valence-corrected chi connectivity index (χ2v) is 5.95. The number of likely N-dealkylation sites (tertiary alicyclic amines) is 1. The maximum atomic E-state index is 12.7. The van der Waals surface area contributed by atoms with Crippen molar-refractivity contribution < 1.29 is 18.7 Å². The Hall–Kier alpha value is -3.02. The van der Waals surface area contributed by atoms with Gasteiger partial charge in [-0.1, -0.05) is 12.1 Å². The van der Waals surface area contributed by atoms with Gasteiger partial charge in [-0.2, -0.15) is 0 Å². The third kappa shape index (κ3) is 3.03. The zero-order valence-corrected chi connectivity index (χ0v) is 13.8. The van der Waals surface area contributed by atoms with Crippen molar-refractivity contribution in [1.82, 2.24) is 9.88 Å². The number of pyridine rings is 1. The number of hydrogen-bond acceptors (Lipinski definition) is 5. The molecule has 1 aliphatic heterocycles. The summed E-state index contributed by atoms with van der Waals surface area (Å²) in [4.78, 5) is 18.5. The van der Waals surface area contributed by atoms with Crippen LogP contribution >= 0.6 is 0 Å². The molecule has 0 saturated carbocycles. The number of carbonyl (C=O) groups is 1. The molecule has 128 valence electrons. The zero-order valence-electron chi connectivity index (χ0n) is 13.8. The molecule has 2 aromatic heterocycles. The number of carbonyl (C=O) groups excluding carboxylic acids is 1. The number of fused-ring (bicyclic) bond motifs is 1. The van der Waals surface area contributed by atoms with E-state index in [9.17, 15) is 4.79 Å². The highest BCUT2D eigenvalue weighted by Gasteiger charge is 2.30. The Bertz CT molecular complexity index is 891. The molecule has 1 fully saturated rings. The fraction of sp³-hybridized carbons (Fsp3) is 0.263. The van der Waals surface area contributed by atoms with Crippen LogP contribution in [0.15, 0.2) is 53.2 Å². The van der Waals surface area contributed by atoms with Gasteiger partial charge >= 0.3 is 0 Å². The fourth-order valence-corrected chi connectivity index (χ4v) is 3.08. The molecule has 0 radical (unpaired) electrons. The summed E-state index contributed by atoms with van der Waals surface area (Å²) in [6.45, 7) is 1.18. The molecule has 0 N–H and O–H groups in total. The molecule has 6 nitrogen and oxygen atoms in total. The SMILES string of the molecule is COc1cccc2cc(C(=O)N3CC[C@@H](Oc4ccncc4)C3)oc12. The number of rotatable bonds is 4. The normalized spacial score (nSPS) is 17.0. The monoisotopic (exact) mass is 338 g/mol. The van der Waals surface area contributed by atoms with E-state index in [1.807, 2.05) is 30.3 Å². The van der Waals surface area contributed by atoms with Crippen LogP contribution in [0.5, 0.6) is 11.5 Å². The minimum Gasteiger partial charge on any atom is -0.493 e. The van der Waals surface area contributed by atoms with Crippen LogP contribution in [0.25, 0.3) is 11.0 Å². The molecule has 1 aliphatic rings. The molecule has 1 amide bonds. The molecular weight excluding hydrogens is 320 g/mol. The first kappa shape index (κ1) is 15.5. The summed E-state index contributed by atoms with van der Waals surface area (Å²) in [5, 5.41) is 0.853. The van der Waals surface area contributed by atoms with Gasteiger partial charge in [-0.05, 0) is 24.3 Å². The molecule has 3 heterocycles. The number of methoxy groups -OCH3 is 1. The zero-order chi connectivity index (χ0) is 17.2. The van der Waals surface area contributed by atoms with Gasteiger partial charge in [0.2, 0.25) is 0 Å². The van der Waals surface area contributed by atoms with Crippen LogP contribution in [0.1, 0.15) is 17.0 Å². The van der Waals surface area contributed by atoms with Crippen LogP contribution in [0, 0.1) is 0 Å². The molecule has 4 rings (SSSR count). The largest absolute Gasteiger partial charge is 0.493 e. The van der Waals surface area contributed by atoms with E-state index in [0.29, 0.717) is 30.2 Å². The fourth-order valence-electron chi connectivity index (χ4n) is 3.08. The minimum atomic E-state index is -0.126. The standard InChI is InChI=1S/C19H18N2O4/c1-23-16-4-2-3-13-11-17(25-18(13)16)19(22)21-10-7-15(12-21)24-14-5-8-20-9-6-14/h2-6,8-9,11,15H,7,10,12H2,1H3/t15-/m1/s1. The van der Waals surface area contributed by atoms with Crippen molar-refractivity contribution in [2.75, 3.05) is 20.2 Å². The Labute approximate surface area is 145 Å². The Morgan fingerprint density at radius 3 is 2.92 bits per heavy atom. The highest BCUT2D eigenvalue weighted by molar-refractivity contribution is 5.97. The van der Waals surface area contributed by atoms with E-state index in [2.05, 4.69) is 4.98 Å². The molecule has 1 saturated heterocycles. The molecule has 3 aromatic rings. The number of hydrogen-bond donors (Lipinski definition) is 0. The van der Waals surface area contributed by atoms with E-state index >= 15 is 0 Å². The molecule has 1 atom stereocenters. The highest BCUT2D eigenvalue weighted by atomic mass is 16.5. The molecule has 0 aliphatic carbocycles. The average Bonchev–Trinajstić information content (AvgIpc) is 3.28. The second kappa shape index (κ2) is 6.47. The quantitative estimate of drug-likeness (QED) is 0.731. The maximum Gasteiger partial charge on any atom is 0.289 e.